The second-order valence-corrected chi connectivity index (χ2v) is 5.46. The number of benzene rings is 3. The van der Waals surface area contributed by atoms with Crippen molar-refractivity contribution in [2.75, 3.05) is 0 Å². The van der Waals surface area contributed by atoms with E-state index in [1.807, 2.05) is 54.6 Å². The SMILES string of the molecule is Cc1ccccc1-c1cc(C=O)ccc1OCc1ccccc1. The minimum absolute atomic E-state index is 0.500. The maximum absolute atomic E-state index is 11.1. The molecule has 3 aromatic rings. The molecule has 0 spiro atoms. The van der Waals surface area contributed by atoms with Gasteiger partial charge < -0.3 is 4.74 Å². The number of carbonyl (C=O) groups is 1. The minimum atomic E-state index is 0.500. The highest BCUT2D eigenvalue weighted by atomic mass is 16.5. The lowest BCUT2D eigenvalue weighted by Crippen LogP contribution is -1.98. The average molecular weight is 302 g/mol. The summed E-state index contributed by atoms with van der Waals surface area (Å²) in [6.07, 6.45) is 0.864. The van der Waals surface area contributed by atoms with E-state index in [4.69, 9.17) is 4.74 Å². The van der Waals surface area contributed by atoms with Gasteiger partial charge in [0.1, 0.15) is 18.6 Å². The van der Waals surface area contributed by atoms with Crippen molar-refractivity contribution in [2.24, 2.45) is 0 Å². The maximum Gasteiger partial charge on any atom is 0.150 e. The zero-order valence-corrected chi connectivity index (χ0v) is 13.0. The molecule has 0 atom stereocenters. The lowest BCUT2D eigenvalue weighted by atomic mass is 9.98. The third-order valence-electron chi connectivity index (χ3n) is 3.81. The number of aryl methyl sites for hydroxylation is 1. The van der Waals surface area contributed by atoms with E-state index >= 15 is 0 Å². The highest BCUT2D eigenvalue weighted by Crippen LogP contribution is 2.33. The predicted octanol–water partition coefficient (Wildman–Crippen LogP) is 5.05. The Morgan fingerprint density at radius 3 is 2.35 bits per heavy atom. The predicted molar refractivity (Wildman–Crippen MR) is 92.8 cm³/mol. The summed E-state index contributed by atoms with van der Waals surface area (Å²) in [4.78, 5) is 11.1. The van der Waals surface area contributed by atoms with Crippen molar-refractivity contribution in [1.29, 1.82) is 0 Å². The lowest BCUT2D eigenvalue weighted by molar-refractivity contribution is 0.112. The molecule has 0 radical (unpaired) electrons. The van der Waals surface area contributed by atoms with Gasteiger partial charge in [0, 0.05) is 11.1 Å². The molecule has 0 saturated carbocycles. The second-order valence-electron chi connectivity index (χ2n) is 5.46. The van der Waals surface area contributed by atoms with Crippen LogP contribution < -0.4 is 4.74 Å². The first-order valence-electron chi connectivity index (χ1n) is 7.60. The largest absolute Gasteiger partial charge is 0.488 e. The molecule has 0 unspecified atom stereocenters. The van der Waals surface area contributed by atoms with Gasteiger partial charge in [-0.25, -0.2) is 0 Å². The fourth-order valence-electron chi connectivity index (χ4n) is 2.57. The van der Waals surface area contributed by atoms with Crippen molar-refractivity contribution >= 4 is 6.29 Å². The van der Waals surface area contributed by atoms with Gasteiger partial charge in [-0.2, -0.15) is 0 Å². The van der Waals surface area contributed by atoms with Crippen LogP contribution in [0.5, 0.6) is 5.75 Å². The van der Waals surface area contributed by atoms with Crippen molar-refractivity contribution < 1.29 is 9.53 Å². The van der Waals surface area contributed by atoms with Gasteiger partial charge in [0.25, 0.3) is 0 Å². The van der Waals surface area contributed by atoms with E-state index in [1.54, 1.807) is 6.07 Å². The topological polar surface area (TPSA) is 26.3 Å². The molecule has 3 rings (SSSR count). The summed E-state index contributed by atoms with van der Waals surface area (Å²) in [5.74, 6) is 0.786. The van der Waals surface area contributed by atoms with E-state index in [0.29, 0.717) is 12.2 Å². The summed E-state index contributed by atoms with van der Waals surface area (Å²) < 4.78 is 6.02. The molecule has 23 heavy (non-hydrogen) atoms. The van der Waals surface area contributed by atoms with Crippen LogP contribution in [0.15, 0.2) is 72.8 Å². The molecular formula is C21H18O2. The van der Waals surface area contributed by atoms with E-state index in [-0.39, 0.29) is 0 Å². The fourth-order valence-corrected chi connectivity index (χ4v) is 2.57. The van der Waals surface area contributed by atoms with E-state index < -0.39 is 0 Å². The molecule has 2 nitrogen and oxygen atoms in total. The van der Waals surface area contributed by atoms with Gasteiger partial charge in [-0.3, -0.25) is 4.79 Å². The third-order valence-corrected chi connectivity index (χ3v) is 3.81. The molecule has 0 aromatic heterocycles. The first-order valence-corrected chi connectivity index (χ1v) is 7.60. The van der Waals surface area contributed by atoms with Gasteiger partial charge in [-0.15, -0.1) is 0 Å². The molecule has 0 aliphatic rings. The van der Waals surface area contributed by atoms with Gasteiger partial charge in [-0.05, 0) is 41.8 Å². The highest BCUT2D eigenvalue weighted by Gasteiger charge is 2.10. The van der Waals surface area contributed by atoms with Crippen molar-refractivity contribution in [1.82, 2.24) is 0 Å². The zero-order valence-electron chi connectivity index (χ0n) is 13.0. The molecule has 3 aromatic carbocycles. The second kappa shape index (κ2) is 6.93. The van der Waals surface area contributed by atoms with Crippen molar-refractivity contribution in [3.05, 3.63) is 89.5 Å². The molecular weight excluding hydrogens is 284 g/mol. The summed E-state index contributed by atoms with van der Waals surface area (Å²) in [6.45, 7) is 2.56. The van der Waals surface area contributed by atoms with Crippen LogP contribution in [-0.2, 0) is 6.61 Å². The van der Waals surface area contributed by atoms with Gasteiger partial charge in [0.15, 0.2) is 0 Å². The van der Waals surface area contributed by atoms with Crippen LogP contribution in [0.1, 0.15) is 21.5 Å². The minimum Gasteiger partial charge on any atom is -0.488 e. The summed E-state index contributed by atoms with van der Waals surface area (Å²) in [5.41, 5.74) is 4.95. The van der Waals surface area contributed by atoms with Crippen LogP contribution in [0.25, 0.3) is 11.1 Å². The van der Waals surface area contributed by atoms with Crippen molar-refractivity contribution in [3.8, 4) is 16.9 Å². The Hall–Kier alpha value is -2.87. The van der Waals surface area contributed by atoms with Crippen molar-refractivity contribution in [3.63, 3.8) is 0 Å². The average Bonchev–Trinajstić information content (AvgIpc) is 2.61. The van der Waals surface area contributed by atoms with Gasteiger partial charge in [0.2, 0.25) is 0 Å². The Morgan fingerprint density at radius 1 is 0.870 bits per heavy atom. The van der Waals surface area contributed by atoms with Crippen LogP contribution >= 0.6 is 0 Å². The number of carbonyl (C=O) groups excluding carboxylic acids is 1. The van der Waals surface area contributed by atoms with Gasteiger partial charge >= 0.3 is 0 Å². The number of hydrogen-bond donors (Lipinski definition) is 0. The maximum atomic E-state index is 11.1. The van der Waals surface area contributed by atoms with Crippen LogP contribution in [0.4, 0.5) is 0 Å². The molecule has 0 saturated heterocycles. The van der Waals surface area contributed by atoms with E-state index in [0.717, 1.165) is 34.3 Å². The van der Waals surface area contributed by atoms with Crippen molar-refractivity contribution in [2.45, 2.75) is 13.5 Å². The molecule has 114 valence electrons. The van der Waals surface area contributed by atoms with E-state index in [2.05, 4.69) is 19.1 Å². The zero-order chi connectivity index (χ0) is 16.1. The molecule has 0 aliphatic heterocycles. The number of aldehydes is 1. The molecule has 0 N–H and O–H groups in total. The van der Waals surface area contributed by atoms with Crippen LogP contribution in [0, 0.1) is 6.92 Å². The van der Waals surface area contributed by atoms with E-state index in [9.17, 15) is 4.79 Å². The van der Waals surface area contributed by atoms with Crippen LogP contribution in [-0.4, -0.2) is 6.29 Å². The van der Waals surface area contributed by atoms with Gasteiger partial charge in [-0.1, -0.05) is 54.6 Å². The summed E-state index contributed by atoms with van der Waals surface area (Å²) in [5, 5.41) is 0. The molecule has 0 aliphatic carbocycles. The summed E-state index contributed by atoms with van der Waals surface area (Å²) in [6, 6.07) is 23.7. The lowest BCUT2D eigenvalue weighted by Gasteiger charge is -2.14. The smallest absolute Gasteiger partial charge is 0.150 e. The Bertz CT molecular complexity index is 807. The monoisotopic (exact) mass is 302 g/mol. The Kier molecular flexibility index (Phi) is 4.53. The molecule has 2 heteroatoms. The molecule has 0 fully saturated rings. The first kappa shape index (κ1) is 15.0. The summed E-state index contributed by atoms with van der Waals surface area (Å²) >= 11 is 0. The van der Waals surface area contributed by atoms with E-state index in [1.165, 1.54) is 0 Å². The van der Waals surface area contributed by atoms with Gasteiger partial charge in [0.05, 0.1) is 0 Å². The standard InChI is InChI=1S/C21H18O2/c1-16-7-5-6-10-19(16)20-13-18(14-22)11-12-21(20)23-15-17-8-3-2-4-9-17/h2-14H,15H2,1H3. The highest BCUT2D eigenvalue weighted by molar-refractivity contribution is 5.82. The number of rotatable bonds is 5. The number of ether oxygens (including phenoxy) is 1. The first-order chi connectivity index (χ1) is 11.3. The Morgan fingerprint density at radius 2 is 1.61 bits per heavy atom. The summed E-state index contributed by atoms with van der Waals surface area (Å²) in [7, 11) is 0. The van der Waals surface area contributed by atoms with Crippen LogP contribution in [0.3, 0.4) is 0 Å². The Labute approximate surface area is 136 Å². The van der Waals surface area contributed by atoms with Crippen LogP contribution in [0.2, 0.25) is 0 Å². The quantitative estimate of drug-likeness (QED) is 0.616. The molecule has 0 bridgehead atoms. The number of hydrogen-bond acceptors (Lipinski definition) is 2. The molecule has 0 heterocycles. The molecule has 0 amide bonds. The Balaban J connectivity index is 1.96. The third kappa shape index (κ3) is 3.49. The normalized spacial score (nSPS) is 10.3. The fraction of sp³-hybridized carbons (Fsp3) is 0.0952.